The van der Waals surface area contributed by atoms with Gasteiger partial charge in [0.25, 0.3) is 0 Å². The number of rotatable bonds is 11. The molecule has 0 radical (unpaired) electrons. The van der Waals surface area contributed by atoms with Crippen LogP contribution in [0.5, 0.6) is 0 Å². The van der Waals surface area contributed by atoms with E-state index in [9.17, 15) is 14.4 Å². The summed E-state index contributed by atoms with van der Waals surface area (Å²) in [5.74, 6) is -2.31. The van der Waals surface area contributed by atoms with Crippen molar-refractivity contribution in [3.63, 3.8) is 0 Å². The number of carboxylic acid groups (broad SMARTS) is 3. The van der Waals surface area contributed by atoms with Crippen molar-refractivity contribution in [3.8, 4) is 0 Å². The molecule has 0 unspecified atom stereocenters. The van der Waals surface area contributed by atoms with Gasteiger partial charge in [-0.2, -0.15) is 0 Å². The van der Waals surface area contributed by atoms with E-state index in [1.165, 1.54) is 6.42 Å². The van der Waals surface area contributed by atoms with Crippen LogP contribution in [0.1, 0.15) is 71.1 Å². The van der Waals surface area contributed by atoms with Crippen LogP contribution in [0.4, 0.5) is 0 Å². The fourth-order valence-electron chi connectivity index (χ4n) is 1.43. The van der Waals surface area contributed by atoms with Gasteiger partial charge in [-0.05, 0) is 19.3 Å². The molecule has 0 aromatic heterocycles. The Morgan fingerprint density at radius 2 is 0.900 bits per heavy atom. The summed E-state index contributed by atoms with van der Waals surface area (Å²) in [5.41, 5.74) is 0. The molecule has 6 nitrogen and oxygen atoms in total. The molecule has 0 saturated carbocycles. The number of hydrogen-bond donors (Lipinski definition) is 3. The molecule has 0 spiro atoms. The van der Waals surface area contributed by atoms with Crippen molar-refractivity contribution in [3.05, 3.63) is 0 Å². The van der Waals surface area contributed by atoms with Crippen molar-refractivity contribution in [2.75, 3.05) is 0 Å². The van der Waals surface area contributed by atoms with Gasteiger partial charge in [0.05, 0.1) is 0 Å². The summed E-state index contributed by atoms with van der Waals surface area (Å²) in [6.45, 7) is 2.11. The first-order valence-corrected chi connectivity index (χ1v) is 7.05. The number of carbonyl (C=O) groups is 3. The average molecular weight is 290 g/mol. The van der Waals surface area contributed by atoms with Crippen molar-refractivity contribution in [1.29, 1.82) is 0 Å². The highest BCUT2D eigenvalue weighted by molar-refractivity contribution is 5.67. The Balaban J connectivity index is 0. The lowest BCUT2D eigenvalue weighted by molar-refractivity contribution is -0.138. The second kappa shape index (κ2) is 15.5. The number of hydrogen-bond acceptors (Lipinski definition) is 3. The molecule has 0 amide bonds. The fourth-order valence-corrected chi connectivity index (χ4v) is 1.43. The quantitative estimate of drug-likeness (QED) is 0.504. The topological polar surface area (TPSA) is 112 Å². The summed E-state index contributed by atoms with van der Waals surface area (Å²) >= 11 is 0. The monoisotopic (exact) mass is 290 g/mol. The van der Waals surface area contributed by atoms with Crippen LogP contribution in [-0.4, -0.2) is 33.2 Å². The molecule has 3 N–H and O–H groups in total. The minimum atomic E-state index is -0.819. The van der Waals surface area contributed by atoms with E-state index in [0.29, 0.717) is 25.7 Å². The molecule has 0 atom stereocenters. The van der Waals surface area contributed by atoms with Crippen LogP contribution in [0.2, 0.25) is 0 Å². The van der Waals surface area contributed by atoms with Gasteiger partial charge in [-0.1, -0.05) is 32.6 Å². The standard InChI is InChI=1S/C7H12O4.C7H14O2/c8-6(9)4-2-1-3-5-7(10)11;1-2-3-4-5-6-7(8)9/h1-5H2,(H,8,9)(H,10,11);2-6H2,1H3,(H,8,9). The van der Waals surface area contributed by atoms with Crippen molar-refractivity contribution in [2.45, 2.75) is 71.1 Å². The summed E-state index contributed by atoms with van der Waals surface area (Å²) in [7, 11) is 0. The Bertz CT molecular complexity index is 259. The van der Waals surface area contributed by atoms with E-state index in [1.807, 2.05) is 0 Å². The molecular weight excluding hydrogens is 264 g/mol. The van der Waals surface area contributed by atoms with Crippen molar-refractivity contribution in [2.24, 2.45) is 0 Å². The Morgan fingerprint density at radius 1 is 0.600 bits per heavy atom. The van der Waals surface area contributed by atoms with E-state index in [0.717, 1.165) is 19.3 Å². The average Bonchev–Trinajstić information content (AvgIpc) is 2.34. The number of aliphatic carboxylic acids is 3. The van der Waals surface area contributed by atoms with Gasteiger partial charge in [-0.15, -0.1) is 0 Å². The van der Waals surface area contributed by atoms with Crippen molar-refractivity contribution in [1.82, 2.24) is 0 Å². The summed E-state index contributed by atoms with van der Waals surface area (Å²) in [6.07, 6.45) is 6.65. The zero-order valence-electron chi connectivity index (χ0n) is 12.1. The molecule has 20 heavy (non-hydrogen) atoms. The lowest BCUT2D eigenvalue weighted by atomic mass is 10.1. The molecule has 118 valence electrons. The highest BCUT2D eigenvalue weighted by Crippen LogP contribution is 2.02. The van der Waals surface area contributed by atoms with E-state index in [-0.39, 0.29) is 12.8 Å². The molecule has 0 bridgehead atoms. The lowest BCUT2D eigenvalue weighted by Gasteiger charge is -1.94. The highest BCUT2D eigenvalue weighted by atomic mass is 16.4. The van der Waals surface area contributed by atoms with Gasteiger partial charge in [0, 0.05) is 19.3 Å². The lowest BCUT2D eigenvalue weighted by Crippen LogP contribution is -1.96. The largest absolute Gasteiger partial charge is 0.481 e. The molecule has 0 aromatic rings. The van der Waals surface area contributed by atoms with Gasteiger partial charge in [0.15, 0.2) is 0 Å². The first-order chi connectivity index (χ1) is 9.40. The van der Waals surface area contributed by atoms with Gasteiger partial charge in [0.1, 0.15) is 0 Å². The summed E-state index contributed by atoms with van der Waals surface area (Å²) in [5, 5.41) is 24.6. The van der Waals surface area contributed by atoms with E-state index < -0.39 is 17.9 Å². The van der Waals surface area contributed by atoms with Crippen LogP contribution in [0.25, 0.3) is 0 Å². The SMILES string of the molecule is CCCCCCC(=O)O.O=C(O)CCCCCC(=O)O. The minimum absolute atomic E-state index is 0.139. The summed E-state index contributed by atoms with van der Waals surface area (Å²) < 4.78 is 0. The van der Waals surface area contributed by atoms with E-state index in [1.54, 1.807) is 0 Å². The normalized spacial score (nSPS) is 9.45. The maximum atomic E-state index is 9.98. The maximum Gasteiger partial charge on any atom is 0.303 e. The predicted molar refractivity (Wildman–Crippen MR) is 74.8 cm³/mol. The first-order valence-electron chi connectivity index (χ1n) is 7.05. The van der Waals surface area contributed by atoms with Gasteiger partial charge in [-0.25, -0.2) is 0 Å². The molecule has 0 heterocycles. The van der Waals surface area contributed by atoms with Gasteiger partial charge in [-0.3, -0.25) is 14.4 Å². The second-order valence-corrected chi connectivity index (χ2v) is 4.55. The molecule has 0 aliphatic rings. The Kier molecular flexibility index (Phi) is 16.0. The Hall–Kier alpha value is -1.59. The third-order valence-corrected chi connectivity index (χ3v) is 2.53. The zero-order valence-corrected chi connectivity index (χ0v) is 12.1. The van der Waals surface area contributed by atoms with Crippen molar-refractivity contribution >= 4 is 17.9 Å². The molecule has 0 aromatic carbocycles. The molecule has 0 rings (SSSR count). The molecule has 0 aliphatic carbocycles. The first kappa shape index (κ1) is 20.7. The summed E-state index contributed by atoms with van der Waals surface area (Å²) in [6, 6.07) is 0. The van der Waals surface area contributed by atoms with Gasteiger partial charge < -0.3 is 15.3 Å². The molecule has 0 fully saturated rings. The van der Waals surface area contributed by atoms with Gasteiger partial charge >= 0.3 is 17.9 Å². The van der Waals surface area contributed by atoms with Crippen molar-refractivity contribution < 1.29 is 29.7 Å². The van der Waals surface area contributed by atoms with Gasteiger partial charge in [0.2, 0.25) is 0 Å². The Labute approximate surface area is 119 Å². The Morgan fingerprint density at radius 3 is 1.15 bits per heavy atom. The van der Waals surface area contributed by atoms with E-state index in [4.69, 9.17) is 15.3 Å². The number of unbranched alkanes of at least 4 members (excludes halogenated alkanes) is 5. The zero-order chi connectivity index (χ0) is 15.8. The van der Waals surface area contributed by atoms with E-state index in [2.05, 4.69) is 6.92 Å². The van der Waals surface area contributed by atoms with E-state index >= 15 is 0 Å². The second-order valence-electron chi connectivity index (χ2n) is 4.55. The molecule has 0 aliphatic heterocycles. The maximum absolute atomic E-state index is 9.98. The molecule has 0 saturated heterocycles. The summed E-state index contributed by atoms with van der Waals surface area (Å²) in [4.78, 5) is 29.9. The fraction of sp³-hybridized carbons (Fsp3) is 0.786. The predicted octanol–water partition coefficient (Wildman–Crippen LogP) is 3.15. The third-order valence-electron chi connectivity index (χ3n) is 2.53. The molecule has 6 heteroatoms. The highest BCUT2D eigenvalue weighted by Gasteiger charge is 1.98. The number of carboxylic acids is 3. The molecular formula is C14H26O6. The van der Waals surface area contributed by atoms with Crippen LogP contribution in [-0.2, 0) is 14.4 Å². The minimum Gasteiger partial charge on any atom is -0.481 e. The van der Waals surface area contributed by atoms with Crippen LogP contribution in [0.15, 0.2) is 0 Å². The van der Waals surface area contributed by atoms with Crippen LogP contribution in [0.3, 0.4) is 0 Å². The van der Waals surface area contributed by atoms with Crippen LogP contribution < -0.4 is 0 Å². The smallest absolute Gasteiger partial charge is 0.303 e. The third kappa shape index (κ3) is 25.3. The van der Waals surface area contributed by atoms with Crippen LogP contribution >= 0.6 is 0 Å². The van der Waals surface area contributed by atoms with Crippen LogP contribution in [0, 0.1) is 0 Å².